The average molecular weight is 362 g/mol. The first-order valence-corrected chi connectivity index (χ1v) is 9.12. The number of hydrogen-bond acceptors (Lipinski definition) is 6. The van der Waals surface area contributed by atoms with E-state index >= 15 is 0 Å². The van der Waals surface area contributed by atoms with Crippen LogP contribution in [0.15, 0.2) is 9.98 Å². The molecule has 0 atom stereocenters. The van der Waals surface area contributed by atoms with Gasteiger partial charge in [-0.15, -0.1) is 0 Å². The Kier molecular flexibility index (Phi) is 4.85. The van der Waals surface area contributed by atoms with E-state index in [1.54, 1.807) is 25.2 Å². The highest BCUT2D eigenvalue weighted by atomic mass is 32.1. The molecule has 1 aliphatic carbocycles. The molecule has 1 fully saturated rings. The molecule has 3 rings (SSSR count). The third-order valence-electron chi connectivity index (χ3n) is 4.37. The number of carbonyl (C=O) groups excluding carboxylic acids is 2. The maximum Gasteiger partial charge on any atom is 0.266 e. The van der Waals surface area contributed by atoms with Crippen molar-refractivity contribution in [1.82, 2.24) is 15.2 Å². The number of thiazole rings is 1. The normalized spacial score (nSPS) is 18.6. The Bertz CT molecular complexity index is 750. The van der Waals surface area contributed by atoms with Gasteiger partial charge in [0.25, 0.3) is 5.91 Å². The molecule has 1 aromatic rings. The lowest BCUT2D eigenvalue weighted by Crippen LogP contribution is -2.48. The number of amides is 2. The molecule has 0 bridgehead atoms. The molecule has 2 heterocycles. The molecule has 9 heteroatoms. The fourth-order valence-corrected chi connectivity index (χ4v) is 3.93. The number of aromatic nitrogens is 1. The molecule has 1 spiro atoms. The molecule has 134 valence electrons. The van der Waals surface area contributed by atoms with Crippen molar-refractivity contribution in [2.45, 2.75) is 31.6 Å². The first-order valence-electron chi connectivity index (χ1n) is 8.30. The van der Waals surface area contributed by atoms with E-state index in [1.807, 2.05) is 6.92 Å². The standard InChI is InChI=1S/C16H22N6O2S/c1-4-7-19-14(17-2)20-10(23)8-22-9-16(5-6-16)12-11(13(22)24)25-15(18-3)21-12/h7H,4-6,8-9H2,1-3H3,(H,18,21)(H,17,20,23)/b19-7-. The topological polar surface area (TPSA) is 99.1 Å². The summed E-state index contributed by atoms with van der Waals surface area (Å²) in [6.45, 7) is 2.48. The summed E-state index contributed by atoms with van der Waals surface area (Å²) in [4.78, 5) is 39.9. The minimum absolute atomic E-state index is 0.00647. The summed E-state index contributed by atoms with van der Waals surface area (Å²) in [7, 11) is 3.36. The Morgan fingerprint density at radius 3 is 2.84 bits per heavy atom. The van der Waals surface area contributed by atoms with Gasteiger partial charge in [-0.25, -0.2) is 9.98 Å². The van der Waals surface area contributed by atoms with Gasteiger partial charge in [0, 0.05) is 32.3 Å². The number of carbonyl (C=O) groups is 2. The van der Waals surface area contributed by atoms with E-state index in [4.69, 9.17) is 0 Å². The molecule has 2 aliphatic rings. The summed E-state index contributed by atoms with van der Waals surface area (Å²) < 4.78 is 0. The van der Waals surface area contributed by atoms with E-state index in [-0.39, 0.29) is 29.7 Å². The van der Waals surface area contributed by atoms with E-state index in [0.29, 0.717) is 11.4 Å². The number of aliphatic imine (C=N–C) groups is 2. The van der Waals surface area contributed by atoms with Crippen LogP contribution in [-0.2, 0) is 10.2 Å². The zero-order valence-corrected chi connectivity index (χ0v) is 15.4. The van der Waals surface area contributed by atoms with Crippen LogP contribution in [0.25, 0.3) is 0 Å². The quantitative estimate of drug-likeness (QED) is 0.622. The molecule has 8 nitrogen and oxygen atoms in total. The van der Waals surface area contributed by atoms with E-state index in [0.717, 1.165) is 30.1 Å². The minimum atomic E-state index is -0.292. The van der Waals surface area contributed by atoms with Crippen LogP contribution in [0.1, 0.15) is 41.6 Å². The molecule has 0 aromatic carbocycles. The third-order valence-corrected chi connectivity index (χ3v) is 5.43. The highest BCUT2D eigenvalue weighted by molar-refractivity contribution is 7.17. The lowest BCUT2D eigenvalue weighted by Gasteiger charge is -2.31. The maximum absolute atomic E-state index is 12.8. The van der Waals surface area contributed by atoms with Crippen LogP contribution in [-0.4, -0.2) is 61.1 Å². The first-order chi connectivity index (χ1) is 12.0. The van der Waals surface area contributed by atoms with Crippen molar-refractivity contribution in [2.75, 3.05) is 32.5 Å². The maximum atomic E-state index is 12.8. The molecular formula is C16H22N6O2S. The fraction of sp³-hybridized carbons (Fsp3) is 0.562. The van der Waals surface area contributed by atoms with Crippen molar-refractivity contribution in [3.05, 3.63) is 10.6 Å². The molecule has 2 amide bonds. The number of guanidine groups is 1. The second-order valence-corrected chi connectivity index (χ2v) is 7.20. The average Bonchev–Trinajstić information content (AvgIpc) is 3.23. The van der Waals surface area contributed by atoms with Crippen LogP contribution in [0.5, 0.6) is 0 Å². The van der Waals surface area contributed by atoms with E-state index in [2.05, 4.69) is 25.6 Å². The predicted octanol–water partition coefficient (Wildman–Crippen LogP) is 1.25. The van der Waals surface area contributed by atoms with Crippen molar-refractivity contribution in [3.8, 4) is 0 Å². The van der Waals surface area contributed by atoms with E-state index < -0.39 is 0 Å². The largest absolute Gasteiger partial charge is 0.365 e. The van der Waals surface area contributed by atoms with Gasteiger partial charge in [-0.1, -0.05) is 18.3 Å². The lowest BCUT2D eigenvalue weighted by molar-refractivity contribution is -0.120. The molecule has 1 aliphatic heterocycles. The number of nitrogens with one attached hydrogen (secondary N) is 2. The van der Waals surface area contributed by atoms with E-state index in [1.165, 1.54) is 11.3 Å². The SMILES string of the molecule is CC/C=N\C(=NC)NC(=O)CN1CC2(CC2)c2nc(NC)sc2C1=O. The van der Waals surface area contributed by atoms with Crippen LogP contribution in [0.2, 0.25) is 0 Å². The smallest absolute Gasteiger partial charge is 0.266 e. The van der Waals surface area contributed by atoms with Gasteiger partial charge in [0.15, 0.2) is 5.13 Å². The zero-order valence-electron chi connectivity index (χ0n) is 14.6. The van der Waals surface area contributed by atoms with Crippen LogP contribution in [0, 0.1) is 0 Å². The van der Waals surface area contributed by atoms with Gasteiger partial charge in [-0.05, 0) is 19.3 Å². The molecule has 2 N–H and O–H groups in total. The highest BCUT2D eigenvalue weighted by Crippen LogP contribution is 2.53. The summed E-state index contributed by atoms with van der Waals surface area (Å²) >= 11 is 1.35. The summed E-state index contributed by atoms with van der Waals surface area (Å²) in [5, 5.41) is 6.40. The fourth-order valence-electron chi connectivity index (χ4n) is 2.92. The summed E-state index contributed by atoms with van der Waals surface area (Å²) in [6.07, 6.45) is 4.43. The number of fused-ring (bicyclic) bond motifs is 2. The van der Waals surface area contributed by atoms with Crippen molar-refractivity contribution >= 4 is 40.5 Å². The van der Waals surface area contributed by atoms with Gasteiger partial charge >= 0.3 is 0 Å². The number of anilines is 1. The van der Waals surface area contributed by atoms with Gasteiger partial charge < -0.3 is 10.2 Å². The molecule has 0 saturated heterocycles. The molecule has 1 saturated carbocycles. The van der Waals surface area contributed by atoms with Gasteiger partial charge in [0.2, 0.25) is 11.9 Å². The van der Waals surface area contributed by atoms with Crippen molar-refractivity contribution in [1.29, 1.82) is 0 Å². The van der Waals surface area contributed by atoms with Crippen LogP contribution >= 0.6 is 11.3 Å². The Balaban J connectivity index is 1.73. The summed E-state index contributed by atoms with van der Waals surface area (Å²) in [6, 6.07) is 0. The molecule has 25 heavy (non-hydrogen) atoms. The highest BCUT2D eigenvalue weighted by Gasteiger charge is 2.54. The van der Waals surface area contributed by atoms with Gasteiger partial charge in [-0.2, -0.15) is 0 Å². The monoisotopic (exact) mass is 362 g/mol. The summed E-state index contributed by atoms with van der Waals surface area (Å²) in [5.41, 5.74) is 0.823. The number of rotatable bonds is 4. The third kappa shape index (κ3) is 3.41. The Morgan fingerprint density at radius 1 is 1.48 bits per heavy atom. The lowest BCUT2D eigenvalue weighted by atomic mass is 9.96. The van der Waals surface area contributed by atoms with Gasteiger partial charge in [0.1, 0.15) is 11.4 Å². The summed E-state index contributed by atoms with van der Waals surface area (Å²) in [5.74, 6) is -0.165. The van der Waals surface area contributed by atoms with Crippen LogP contribution in [0.3, 0.4) is 0 Å². The van der Waals surface area contributed by atoms with Crippen LogP contribution < -0.4 is 10.6 Å². The van der Waals surface area contributed by atoms with Gasteiger partial charge in [-0.3, -0.25) is 19.9 Å². The van der Waals surface area contributed by atoms with Crippen molar-refractivity contribution in [3.63, 3.8) is 0 Å². The predicted molar refractivity (Wildman–Crippen MR) is 98.8 cm³/mol. The molecular weight excluding hydrogens is 340 g/mol. The van der Waals surface area contributed by atoms with Crippen LogP contribution in [0.4, 0.5) is 5.13 Å². The second kappa shape index (κ2) is 6.91. The van der Waals surface area contributed by atoms with Gasteiger partial charge in [0.05, 0.1) is 5.69 Å². The number of hydrogen-bond donors (Lipinski definition) is 2. The second-order valence-electron chi connectivity index (χ2n) is 6.20. The van der Waals surface area contributed by atoms with Crippen molar-refractivity contribution in [2.24, 2.45) is 9.98 Å². The Hall–Kier alpha value is -2.29. The first kappa shape index (κ1) is 17.5. The zero-order chi connectivity index (χ0) is 18.0. The van der Waals surface area contributed by atoms with Crippen molar-refractivity contribution < 1.29 is 9.59 Å². The molecule has 1 aromatic heterocycles. The Morgan fingerprint density at radius 2 is 2.24 bits per heavy atom. The number of nitrogens with zero attached hydrogens (tertiary/aromatic N) is 4. The molecule has 0 radical (unpaired) electrons. The minimum Gasteiger partial charge on any atom is -0.365 e. The molecule has 0 unspecified atom stereocenters. The Labute approximate surface area is 150 Å². The van der Waals surface area contributed by atoms with E-state index in [9.17, 15) is 9.59 Å².